The minimum Gasteiger partial charge on any atom is -0.469 e. The summed E-state index contributed by atoms with van der Waals surface area (Å²) in [5, 5.41) is 3.63. The number of carbonyl (C=O) groups is 3. The zero-order valence-electron chi connectivity index (χ0n) is 24.7. The SMILES string of the molecule is CCOC(=O)C1=C(c2ccc(-n3c(C)nc4cnccc43)cc2)NC(C)=C(C(=O)OCCC(=O)OC)C1c1ccccc1Cl. The average Bonchev–Trinajstić information content (AvgIpc) is 3.36. The second kappa shape index (κ2) is 13.1. The first-order valence-electron chi connectivity index (χ1n) is 14.0. The van der Waals surface area contributed by atoms with Gasteiger partial charge < -0.3 is 19.5 Å². The lowest BCUT2D eigenvalue weighted by molar-refractivity contribution is -0.145. The molecule has 5 rings (SSSR count). The van der Waals surface area contributed by atoms with Gasteiger partial charge in [0.2, 0.25) is 0 Å². The number of pyridine rings is 1. The van der Waals surface area contributed by atoms with Crippen LogP contribution in [0.2, 0.25) is 5.02 Å². The van der Waals surface area contributed by atoms with Gasteiger partial charge in [-0.1, -0.05) is 41.9 Å². The quantitative estimate of drug-likeness (QED) is 0.194. The van der Waals surface area contributed by atoms with Crippen LogP contribution in [0.3, 0.4) is 0 Å². The van der Waals surface area contributed by atoms with E-state index in [0.717, 1.165) is 22.5 Å². The largest absolute Gasteiger partial charge is 0.469 e. The molecule has 1 N–H and O–H groups in total. The Morgan fingerprint density at radius 3 is 2.41 bits per heavy atom. The highest BCUT2D eigenvalue weighted by Crippen LogP contribution is 2.44. The van der Waals surface area contributed by atoms with E-state index >= 15 is 0 Å². The molecule has 10 nitrogen and oxygen atoms in total. The number of methoxy groups -OCH3 is 1. The number of fused-ring (bicyclic) bond motifs is 1. The second-order valence-corrected chi connectivity index (χ2v) is 10.4. The molecular weight excluding hydrogens is 584 g/mol. The Hall–Kier alpha value is -4.96. The number of esters is 3. The first-order chi connectivity index (χ1) is 21.2. The number of allylic oxidation sites excluding steroid dienone is 1. The summed E-state index contributed by atoms with van der Waals surface area (Å²) in [6, 6.07) is 16.5. The van der Waals surface area contributed by atoms with Crippen LogP contribution in [0.25, 0.3) is 22.4 Å². The molecule has 4 aromatic rings. The molecule has 1 aliphatic rings. The number of halogens is 1. The van der Waals surface area contributed by atoms with Gasteiger partial charge in [-0.2, -0.15) is 0 Å². The number of benzene rings is 2. The summed E-state index contributed by atoms with van der Waals surface area (Å²) in [6.45, 7) is 5.29. The molecule has 1 aliphatic heterocycles. The van der Waals surface area contributed by atoms with Crippen molar-refractivity contribution in [2.45, 2.75) is 33.1 Å². The molecule has 0 amide bonds. The predicted octanol–water partition coefficient (Wildman–Crippen LogP) is 5.42. The second-order valence-electron chi connectivity index (χ2n) is 10.00. The molecule has 0 bridgehead atoms. The number of ether oxygens (including phenoxy) is 3. The van der Waals surface area contributed by atoms with E-state index in [1.165, 1.54) is 7.11 Å². The van der Waals surface area contributed by atoms with E-state index in [1.807, 2.05) is 41.8 Å². The summed E-state index contributed by atoms with van der Waals surface area (Å²) in [7, 11) is 1.26. The van der Waals surface area contributed by atoms with Gasteiger partial charge in [0.05, 0.1) is 54.6 Å². The fourth-order valence-corrected chi connectivity index (χ4v) is 5.58. The van der Waals surface area contributed by atoms with E-state index in [9.17, 15) is 14.4 Å². The van der Waals surface area contributed by atoms with Crippen LogP contribution in [0.4, 0.5) is 0 Å². The van der Waals surface area contributed by atoms with E-state index in [1.54, 1.807) is 50.5 Å². The van der Waals surface area contributed by atoms with Crippen LogP contribution in [0.5, 0.6) is 0 Å². The molecule has 0 spiro atoms. The summed E-state index contributed by atoms with van der Waals surface area (Å²) in [5.41, 5.74) is 5.11. The van der Waals surface area contributed by atoms with Gasteiger partial charge >= 0.3 is 17.9 Å². The molecule has 1 unspecified atom stereocenters. The lowest BCUT2D eigenvalue weighted by Gasteiger charge is -2.32. The zero-order valence-corrected chi connectivity index (χ0v) is 25.5. The summed E-state index contributed by atoms with van der Waals surface area (Å²) in [4.78, 5) is 47.7. The van der Waals surface area contributed by atoms with Crippen LogP contribution in [0.15, 0.2) is 83.8 Å². The Morgan fingerprint density at radius 2 is 1.70 bits per heavy atom. The monoisotopic (exact) mass is 614 g/mol. The van der Waals surface area contributed by atoms with Crippen LogP contribution in [-0.4, -0.2) is 52.8 Å². The molecule has 0 radical (unpaired) electrons. The smallest absolute Gasteiger partial charge is 0.337 e. The third kappa shape index (κ3) is 5.93. The first-order valence-corrected chi connectivity index (χ1v) is 14.4. The molecule has 3 heterocycles. The Bertz CT molecular complexity index is 1810. The van der Waals surface area contributed by atoms with Crippen LogP contribution in [-0.2, 0) is 28.6 Å². The van der Waals surface area contributed by atoms with Crippen LogP contribution in [0.1, 0.15) is 43.1 Å². The van der Waals surface area contributed by atoms with Gasteiger partial charge in [-0.05, 0) is 56.2 Å². The normalized spacial score (nSPS) is 14.8. The lowest BCUT2D eigenvalue weighted by Crippen LogP contribution is -2.33. The fraction of sp³-hybridized carbons (Fsp3) is 0.242. The molecule has 2 aromatic heterocycles. The predicted molar refractivity (Wildman–Crippen MR) is 165 cm³/mol. The van der Waals surface area contributed by atoms with Crippen LogP contribution in [0, 0.1) is 6.92 Å². The molecule has 11 heteroatoms. The van der Waals surface area contributed by atoms with E-state index in [2.05, 4.69) is 20.0 Å². The standard InChI is InChI=1S/C33H31ClN4O6/c1-5-43-33(41)30-29(23-8-6-7-9-24(23)34)28(32(40)44-17-15-27(39)42-4)19(2)36-31(30)21-10-12-22(13-11-21)38-20(3)37-25-18-35-16-14-26(25)38/h6-14,16,18,29,36H,5,15,17H2,1-4H3. The number of hydrogen-bond donors (Lipinski definition) is 1. The van der Waals surface area contributed by atoms with Gasteiger partial charge in [0.1, 0.15) is 17.9 Å². The zero-order chi connectivity index (χ0) is 31.4. The van der Waals surface area contributed by atoms with Crippen molar-refractivity contribution in [3.8, 4) is 5.69 Å². The number of dihydropyridines is 1. The molecular formula is C33H31ClN4O6. The molecule has 1 atom stereocenters. The van der Waals surface area contributed by atoms with Crippen LogP contribution < -0.4 is 5.32 Å². The van der Waals surface area contributed by atoms with Crippen molar-refractivity contribution in [2.24, 2.45) is 0 Å². The molecule has 0 fully saturated rings. The maximum atomic E-state index is 13.7. The van der Waals surface area contributed by atoms with Gasteiger partial charge in [-0.25, -0.2) is 14.6 Å². The maximum absolute atomic E-state index is 13.7. The number of nitrogens with zero attached hydrogens (tertiary/aromatic N) is 3. The van der Waals surface area contributed by atoms with E-state index in [-0.39, 0.29) is 30.8 Å². The molecule has 0 saturated heterocycles. The topological polar surface area (TPSA) is 122 Å². The summed E-state index contributed by atoms with van der Waals surface area (Å²) < 4.78 is 17.7. The third-order valence-electron chi connectivity index (χ3n) is 7.30. The molecule has 44 heavy (non-hydrogen) atoms. The Morgan fingerprint density at radius 1 is 0.977 bits per heavy atom. The maximum Gasteiger partial charge on any atom is 0.337 e. The van der Waals surface area contributed by atoms with E-state index in [4.69, 9.17) is 21.1 Å². The van der Waals surface area contributed by atoms with Gasteiger partial charge in [0.15, 0.2) is 0 Å². The van der Waals surface area contributed by atoms with Gasteiger partial charge in [0.25, 0.3) is 0 Å². The van der Waals surface area contributed by atoms with Crippen LogP contribution >= 0.6 is 11.6 Å². The molecule has 2 aromatic carbocycles. The Labute approximate surface area is 259 Å². The first kappa shape index (κ1) is 30.5. The summed E-state index contributed by atoms with van der Waals surface area (Å²) in [6.07, 6.45) is 3.33. The van der Waals surface area contributed by atoms with Crippen molar-refractivity contribution in [1.82, 2.24) is 19.9 Å². The lowest BCUT2D eigenvalue weighted by atomic mass is 9.79. The minimum atomic E-state index is -0.920. The van der Waals surface area contributed by atoms with Crippen molar-refractivity contribution in [3.63, 3.8) is 0 Å². The average molecular weight is 615 g/mol. The van der Waals surface area contributed by atoms with Gasteiger partial charge in [-0.3, -0.25) is 14.3 Å². The van der Waals surface area contributed by atoms with Crippen molar-refractivity contribution < 1.29 is 28.6 Å². The highest BCUT2D eigenvalue weighted by molar-refractivity contribution is 6.31. The van der Waals surface area contributed by atoms with Crippen molar-refractivity contribution in [1.29, 1.82) is 0 Å². The van der Waals surface area contributed by atoms with E-state index < -0.39 is 23.8 Å². The number of imidazole rings is 1. The highest BCUT2D eigenvalue weighted by atomic mass is 35.5. The van der Waals surface area contributed by atoms with Crippen molar-refractivity contribution in [3.05, 3.63) is 106 Å². The van der Waals surface area contributed by atoms with Crippen molar-refractivity contribution >= 4 is 46.2 Å². The Kier molecular flexibility index (Phi) is 9.10. The highest BCUT2D eigenvalue weighted by Gasteiger charge is 2.40. The number of aryl methyl sites for hydroxylation is 1. The number of rotatable bonds is 9. The number of carbonyl (C=O) groups excluding carboxylic acids is 3. The molecule has 0 aliphatic carbocycles. The third-order valence-corrected chi connectivity index (χ3v) is 7.64. The van der Waals surface area contributed by atoms with Crippen molar-refractivity contribution in [2.75, 3.05) is 20.3 Å². The van der Waals surface area contributed by atoms with Gasteiger partial charge in [-0.15, -0.1) is 0 Å². The van der Waals surface area contributed by atoms with E-state index in [0.29, 0.717) is 27.5 Å². The summed E-state index contributed by atoms with van der Waals surface area (Å²) in [5.74, 6) is -1.94. The number of hydrogen-bond acceptors (Lipinski definition) is 9. The number of aromatic nitrogens is 3. The fourth-order valence-electron chi connectivity index (χ4n) is 5.34. The minimum absolute atomic E-state index is 0.112. The number of nitrogens with one attached hydrogen (secondary N) is 1. The summed E-state index contributed by atoms with van der Waals surface area (Å²) >= 11 is 6.68. The van der Waals surface area contributed by atoms with Gasteiger partial charge in [0, 0.05) is 22.6 Å². The molecule has 0 saturated carbocycles. The Balaban J connectivity index is 1.62. The molecule has 226 valence electrons.